The summed E-state index contributed by atoms with van der Waals surface area (Å²) >= 11 is 10.9. The molecule has 1 aliphatic heterocycles. The molecule has 0 unspecified atom stereocenters. The van der Waals surface area contributed by atoms with E-state index < -0.39 is 10.0 Å². The zero-order valence-corrected chi connectivity index (χ0v) is 18.7. The van der Waals surface area contributed by atoms with Crippen LogP contribution in [0.15, 0.2) is 63.3 Å². The Morgan fingerprint density at radius 2 is 1.61 bits per heavy atom. The van der Waals surface area contributed by atoms with Gasteiger partial charge in [-0.05, 0) is 36.4 Å². The molecule has 1 aliphatic rings. The number of anilines is 1. The maximum Gasteiger partial charge on any atom is 0.243 e. The summed E-state index contributed by atoms with van der Waals surface area (Å²) in [6.07, 6.45) is 0. The smallest absolute Gasteiger partial charge is 0.243 e. The first-order valence-electron chi connectivity index (χ1n) is 8.65. The van der Waals surface area contributed by atoms with Crippen LogP contribution in [0.25, 0.3) is 11.3 Å². The molecule has 1 fully saturated rings. The van der Waals surface area contributed by atoms with Crippen molar-refractivity contribution in [3.05, 3.63) is 63.4 Å². The van der Waals surface area contributed by atoms with Crippen LogP contribution < -0.4 is 4.90 Å². The average molecular weight is 499 g/mol. The number of piperazine rings is 1. The van der Waals surface area contributed by atoms with E-state index in [1.54, 1.807) is 39.9 Å². The molecule has 0 N–H and O–H groups in total. The van der Waals surface area contributed by atoms with E-state index >= 15 is 0 Å². The molecule has 9 heteroatoms. The number of benzene rings is 2. The lowest BCUT2D eigenvalue weighted by Crippen LogP contribution is -2.48. The van der Waals surface area contributed by atoms with E-state index in [0.717, 1.165) is 20.9 Å². The number of halogens is 2. The van der Waals surface area contributed by atoms with Crippen molar-refractivity contribution in [1.29, 1.82) is 0 Å². The predicted molar refractivity (Wildman–Crippen MR) is 118 cm³/mol. The number of rotatable bonds is 4. The third kappa shape index (κ3) is 4.11. The van der Waals surface area contributed by atoms with E-state index in [-0.39, 0.29) is 0 Å². The molecule has 0 radical (unpaired) electrons. The fraction of sp³-hybridized carbons (Fsp3) is 0.211. The summed E-state index contributed by atoms with van der Waals surface area (Å²) in [4.78, 5) is 7.18. The normalized spacial score (nSPS) is 15.7. The lowest BCUT2D eigenvalue weighted by molar-refractivity contribution is 0.385. The second kappa shape index (κ2) is 8.12. The minimum Gasteiger partial charge on any atom is -0.345 e. The molecule has 28 heavy (non-hydrogen) atoms. The van der Waals surface area contributed by atoms with Gasteiger partial charge in [0.2, 0.25) is 10.0 Å². The van der Waals surface area contributed by atoms with Gasteiger partial charge >= 0.3 is 0 Å². The Morgan fingerprint density at radius 1 is 0.964 bits per heavy atom. The van der Waals surface area contributed by atoms with Crippen molar-refractivity contribution in [2.24, 2.45) is 0 Å². The van der Waals surface area contributed by atoms with Gasteiger partial charge in [0.25, 0.3) is 0 Å². The molecular formula is C19H17BrClN3O2S2. The fourth-order valence-electron chi connectivity index (χ4n) is 3.04. The van der Waals surface area contributed by atoms with Crippen LogP contribution in [0.5, 0.6) is 0 Å². The molecular weight excluding hydrogens is 482 g/mol. The number of sulfonamides is 1. The van der Waals surface area contributed by atoms with Crippen LogP contribution in [0.4, 0.5) is 5.13 Å². The van der Waals surface area contributed by atoms with Gasteiger partial charge < -0.3 is 4.90 Å². The van der Waals surface area contributed by atoms with Crippen molar-refractivity contribution >= 4 is 54.0 Å². The molecule has 0 atom stereocenters. The molecule has 146 valence electrons. The lowest BCUT2D eigenvalue weighted by Gasteiger charge is -2.33. The number of nitrogens with zero attached hydrogens (tertiary/aromatic N) is 3. The molecule has 0 saturated carbocycles. The first-order chi connectivity index (χ1) is 13.4. The van der Waals surface area contributed by atoms with Crippen molar-refractivity contribution in [2.45, 2.75) is 4.90 Å². The third-order valence-electron chi connectivity index (χ3n) is 4.59. The van der Waals surface area contributed by atoms with Crippen molar-refractivity contribution < 1.29 is 8.42 Å². The van der Waals surface area contributed by atoms with E-state index in [1.165, 1.54) is 0 Å². The summed E-state index contributed by atoms with van der Waals surface area (Å²) in [5.74, 6) is 0. The molecule has 0 bridgehead atoms. The van der Waals surface area contributed by atoms with Crippen molar-refractivity contribution in [3.63, 3.8) is 0 Å². The Kier molecular flexibility index (Phi) is 5.76. The summed E-state index contributed by atoms with van der Waals surface area (Å²) in [5.41, 5.74) is 1.92. The second-order valence-corrected chi connectivity index (χ2v) is 10.5. The van der Waals surface area contributed by atoms with Gasteiger partial charge in [0, 0.05) is 46.6 Å². The summed E-state index contributed by atoms with van der Waals surface area (Å²) in [6.45, 7) is 2.11. The third-order valence-corrected chi connectivity index (χ3v) is 8.19. The van der Waals surface area contributed by atoms with Crippen LogP contribution in [-0.2, 0) is 10.0 Å². The maximum absolute atomic E-state index is 12.8. The van der Waals surface area contributed by atoms with Crippen LogP contribution in [0.3, 0.4) is 0 Å². The standard InChI is InChI=1S/C19H17BrClN3O2S2/c20-15-3-7-17(8-4-15)28(25,26)24-11-9-23(10-12-24)19-22-18(13-27-19)14-1-5-16(21)6-2-14/h1-8,13H,9-12H2. The van der Waals surface area contributed by atoms with Gasteiger partial charge in [-0.1, -0.05) is 39.7 Å². The van der Waals surface area contributed by atoms with Crippen LogP contribution >= 0.6 is 38.9 Å². The van der Waals surface area contributed by atoms with Crippen LogP contribution in [0.2, 0.25) is 5.02 Å². The maximum atomic E-state index is 12.8. The molecule has 5 nitrogen and oxygen atoms in total. The minimum absolute atomic E-state index is 0.323. The van der Waals surface area contributed by atoms with E-state index in [2.05, 4.69) is 20.8 Å². The minimum atomic E-state index is -3.47. The van der Waals surface area contributed by atoms with Gasteiger partial charge in [0.15, 0.2) is 5.13 Å². The molecule has 1 aromatic heterocycles. The van der Waals surface area contributed by atoms with Gasteiger partial charge in [0.1, 0.15) is 0 Å². The zero-order valence-electron chi connectivity index (χ0n) is 14.8. The Morgan fingerprint density at radius 3 is 2.25 bits per heavy atom. The van der Waals surface area contributed by atoms with Crippen molar-refractivity contribution in [3.8, 4) is 11.3 Å². The summed E-state index contributed by atoms with van der Waals surface area (Å²) < 4.78 is 28.1. The Labute approximate surface area is 181 Å². The van der Waals surface area contributed by atoms with E-state index in [1.807, 2.05) is 29.6 Å². The van der Waals surface area contributed by atoms with Gasteiger partial charge in [-0.2, -0.15) is 4.31 Å². The number of hydrogen-bond donors (Lipinski definition) is 0. The first kappa shape index (κ1) is 19.8. The Hall–Kier alpha value is -1.45. The van der Waals surface area contributed by atoms with Gasteiger partial charge in [-0.25, -0.2) is 13.4 Å². The zero-order chi connectivity index (χ0) is 19.7. The fourth-order valence-corrected chi connectivity index (χ4v) is 5.74. The molecule has 0 spiro atoms. The molecule has 2 heterocycles. The highest BCUT2D eigenvalue weighted by molar-refractivity contribution is 9.10. The largest absolute Gasteiger partial charge is 0.345 e. The molecule has 1 saturated heterocycles. The van der Waals surface area contributed by atoms with Crippen LogP contribution in [-0.4, -0.2) is 43.9 Å². The van der Waals surface area contributed by atoms with Crippen LogP contribution in [0, 0.1) is 0 Å². The highest BCUT2D eigenvalue weighted by Gasteiger charge is 2.29. The van der Waals surface area contributed by atoms with Crippen molar-refractivity contribution in [1.82, 2.24) is 9.29 Å². The molecule has 0 aliphatic carbocycles. The van der Waals surface area contributed by atoms with E-state index in [0.29, 0.717) is 36.1 Å². The van der Waals surface area contributed by atoms with E-state index in [9.17, 15) is 8.42 Å². The van der Waals surface area contributed by atoms with Gasteiger partial charge in [0.05, 0.1) is 10.6 Å². The monoisotopic (exact) mass is 497 g/mol. The lowest BCUT2D eigenvalue weighted by atomic mass is 10.2. The summed E-state index contributed by atoms with van der Waals surface area (Å²) in [7, 11) is -3.47. The number of hydrogen-bond acceptors (Lipinski definition) is 5. The number of aromatic nitrogens is 1. The molecule has 4 rings (SSSR count). The predicted octanol–water partition coefficient (Wildman–Crippen LogP) is 4.74. The molecule has 3 aromatic rings. The molecule has 0 amide bonds. The Balaban J connectivity index is 1.44. The van der Waals surface area contributed by atoms with Gasteiger partial charge in [-0.15, -0.1) is 11.3 Å². The summed E-state index contributed by atoms with van der Waals surface area (Å²) in [5, 5.41) is 3.62. The second-order valence-electron chi connectivity index (χ2n) is 6.37. The average Bonchev–Trinajstić information content (AvgIpc) is 3.19. The first-order valence-corrected chi connectivity index (χ1v) is 12.1. The SMILES string of the molecule is O=S(=O)(c1ccc(Br)cc1)N1CCN(c2nc(-c3ccc(Cl)cc3)cs2)CC1. The quantitative estimate of drug-likeness (QED) is 0.521. The van der Waals surface area contributed by atoms with Gasteiger partial charge in [-0.3, -0.25) is 0 Å². The topological polar surface area (TPSA) is 53.5 Å². The molecule has 2 aromatic carbocycles. The number of thiazole rings is 1. The van der Waals surface area contributed by atoms with Crippen LogP contribution in [0.1, 0.15) is 0 Å². The highest BCUT2D eigenvalue weighted by atomic mass is 79.9. The summed E-state index contributed by atoms with van der Waals surface area (Å²) in [6, 6.07) is 14.3. The highest BCUT2D eigenvalue weighted by Crippen LogP contribution is 2.29. The van der Waals surface area contributed by atoms with Crippen molar-refractivity contribution in [2.75, 3.05) is 31.1 Å². The Bertz CT molecular complexity index is 1060. The van der Waals surface area contributed by atoms with E-state index in [4.69, 9.17) is 16.6 Å².